The summed E-state index contributed by atoms with van der Waals surface area (Å²) in [4.78, 5) is 13.8. The van der Waals surface area contributed by atoms with E-state index in [2.05, 4.69) is 4.90 Å². The third kappa shape index (κ3) is 2.47. The number of aliphatic carboxylic acids is 1. The minimum atomic E-state index is -0.630. The molecule has 0 spiro atoms. The van der Waals surface area contributed by atoms with Crippen LogP contribution in [0.1, 0.15) is 32.6 Å². The van der Waals surface area contributed by atoms with Crippen LogP contribution in [-0.2, 0) is 9.53 Å². The first-order chi connectivity index (χ1) is 8.13. The van der Waals surface area contributed by atoms with E-state index in [1.54, 1.807) is 7.11 Å². The molecule has 4 nitrogen and oxygen atoms in total. The first-order valence-electron chi connectivity index (χ1n) is 6.59. The number of hydrogen-bond acceptors (Lipinski definition) is 3. The van der Waals surface area contributed by atoms with E-state index < -0.39 is 11.4 Å². The minimum absolute atomic E-state index is 0.438. The summed E-state index contributed by atoms with van der Waals surface area (Å²) in [5.41, 5.74) is -0.513. The number of ether oxygens (including phenoxy) is 1. The smallest absolute Gasteiger partial charge is 0.310 e. The monoisotopic (exact) mass is 241 g/mol. The van der Waals surface area contributed by atoms with Crippen LogP contribution in [-0.4, -0.2) is 48.8 Å². The van der Waals surface area contributed by atoms with Crippen LogP contribution in [0.5, 0.6) is 0 Å². The molecule has 0 aromatic carbocycles. The number of carbonyl (C=O) groups is 1. The van der Waals surface area contributed by atoms with Crippen molar-refractivity contribution < 1.29 is 14.6 Å². The molecule has 2 rings (SSSR count). The zero-order valence-electron chi connectivity index (χ0n) is 10.8. The van der Waals surface area contributed by atoms with E-state index in [0.29, 0.717) is 12.6 Å². The fraction of sp³-hybridized carbons (Fsp3) is 0.923. The van der Waals surface area contributed by atoms with Crippen molar-refractivity contribution in [1.82, 2.24) is 4.90 Å². The highest BCUT2D eigenvalue weighted by molar-refractivity contribution is 5.75. The van der Waals surface area contributed by atoms with E-state index in [0.717, 1.165) is 31.9 Å². The first-order valence-corrected chi connectivity index (χ1v) is 6.59. The van der Waals surface area contributed by atoms with Gasteiger partial charge in [0.05, 0.1) is 12.0 Å². The lowest BCUT2D eigenvalue weighted by Crippen LogP contribution is -2.41. The number of methoxy groups -OCH3 is 1. The molecule has 0 amide bonds. The van der Waals surface area contributed by atoms with Gasteiger partial charge in [-0.1, -0.05) is 6.92 Å². The van der Waals surface area contributed by atoms with Crippen molar-refractivity contribution in [2.45, 2.75) is 38.6 Å². The van der Waals surface area contributed by atoms with E-state index >= 15 is 0 Å². The van der Waals surface area contributed by atoms with Gasteiger partial charge in [-0.2, -0.15) is 0 Å². The Labute approximate surface area is 103 Å². The first kappa shape index (κ1) is 12.8. The van der Waals surface area contributed by atoms with Crippen LogP contribution in [0.2, 0.25) is 0 Å². The third-order valence-electron chi connectivity index (χ3n) is 4.49. The summed E-state index contributed by atoms with van der Waals surface area (Å²) in [6.45, 7) is 4.33. The second kappa shape index (κ2) is 4.94. The number of likely N-dealkylation sites (tertiary alicyclic amines) is 1. The van der Waals surface area contributed by atoms with Gasteiger partial charge in [0, 0.05) is 19.7 Å². The van der Waals surface area contributed by atoms with Crippen LogP contribution in [0, 0.1) is 11.3 Å². The molecule has 2 unspecified atom stereocenters. The maximum absolute atomic E-state index is 11.4. The average Bonchev–Trinajstić information content (AvgIpc) is 3.04. The van der Waals surface area contributed by atoms with Crippen molar-refractivity contribution in [2.75, 3.05) is 26.8 Å². The summed E-state index contributed by atoms with van der Waals surface area (Å²) in [6, 6.07) is 0.438. The van der Waals surface area contributed by atoms with Crippen molar-refractivity contribution in [1.29, 1.82) is 0 Å². The topological polar surface area (TPSA) is 49.8 Å². The van der Waals surface area contributed by atoms with Crippen LogP contribution >= 0.6 is 0 Å². The standard InChI is InChI=1S/C13H23NO3/c1-3-13(12(15)16)6-7-14(9-13)11(8-17-2)10-4-5-10/h10-11H,3-9H2,1-2H3,(H,15,16). The quantitative estimate of drug-likeness (QED) is 0.767. The van der Waals surface area contributed by atoms with E-state index in [-0.39, 0.29) is 0 Å². The highest BCUT2D eigenvalue weighted by Crippen LogP contribution is 2.41. The lowest BCUT2D eigenvalue weighted by molar-refractivity contribution is -0.148. The molecule has 0 bridgehead atoms. The Morgan fingerprint density at radius 1 is 1.59 bits per heavy atom. The van der Waals surface area contributed by atoms with Crippen molar-refractivity contribution in [2.24, 2.45) is 11.3 Å². The van der Waals surface area contributed by atoms with E-state index in [1.165, 1.54) is 12.8 Å². The lowest BCUT2D eigenvalue weighted by Gasteiger charge is -2.29. The normalized spacial score (nSPS) is 31.6. The van der Waals surface area contributed by atoms with E-state index in [1.807, 2.05) is 6.92 Å². The molecular weight excluding hydrogens is 218 g/mol. The molecule has 2 fully saturated rings. The SMILES string of the molecule is CCC1(C(=O)O)CCN(C(COC)C2CC2)C1. The average molecular weight is 241 g/mol. The fourth-order valence-corrected chi connectivity index (χ4v) is 2.99. The number of hydrogen-bond donors (Lipinski definition) is 1. The van der Waals surface area contributed by atoms with Gasteiger partial charge in [-0.25, -0.2) is 0 Å². The van der Waals surface area contributed by atoms with Crippen molar-refractivity contribution in [3.8, 4) is 0 Å². The largest absolute Gasteiger partial charge is 0.481 e. The minimum Gasteiger partial charge on any atom is -0.481 e. The summed E-state index contributed by atoms with van der Waals surface area (Å²) in [6.07, 6.45) is 4.06. The molecule has 1 N–H and O–H groups in total. The summed E-state index contributed by atoms with van der Waals surface area (Å²) < 4.78 is 5.29. The molecule has 1 aliphatic heterocycles. The molecule has 4 heteroatoms. The summed E-state index contributed by atoms with van der Waals surface area (Å²) >= 11 is 0. The Hall–Kier alpha value is -0.610. The van der Waals surface area contributed by atoms with Gasteiger partial charge in [-0.15, -0.1) is 0 Å². The van der Waals surface area contributed by atoms with Crippen LogP contribution in [0.15, 0.2) is 0 Å². The van der Waals surface area contributed by atoms with Crippen molar-refractivity contribution in [3.63, 3.8) is 0 Å². The van der Waals surface area contributed by atoms with Gasteiger partial charge in [0.2, 0.25) is 0 Å². The number of carboxylic acid groups (broad SMARTS) is 1. The molecule has 17 heavy (non-hydrogen) atoms. The Morgan fingerprint density at radius 2 is 2.29 bits per heavy atom. The van der Waals surface area contributed by atoms with Gasteiger partial charge < -0.3 is 9.84 Å². The molecule has 1 aliphatic carbocycles. The maximum atomic E-state index is 11.4. The highest BCUT2D eigenvalue weighted by Gasteiger charge is 2.47. The van der Waals surface area contributed by atoms with Crippen LogP contribution in [0.4, 0.5) is 0 Å². The van der Waals surface area contributed by atoms with Gasteiger partial charge in [-0.05, 0) is 38.1 Å². The second-order valence-electron chi connectivity index (χ2n) is 5.52. The summed E-state index contributed by atoms with van der Waals surface area (Å²) in [5.74, 6) is 0.103. The van der Waals surface area contributed by atoms with Crippen molar-refractivity contribution >= 4 is 5.97 Å². The summed E-state index contributed by atoms with van der Waals surface area (Å²) in [5, 5.41) is 9.39. The molecule has 2 aliphatic rings. The molecule has 0 radical (unpaired) electrons. The van der Waals surface area contributed by atoms with Crippen LogP contribution in [0.25, 0.3) is 0 Å². The Balaban J connectivity index is 2.01. The highest BCUT2D eigenvalue weighted by atomic mass is 16.5. The molecule has 0 aromatic heterocycles. The van der Waals surface area contributed by atoms with E-state index in [9.17, 15) is 9.90 Å². The molecular formula is C13H23NO3. The predicted molar refractivity (Wildman–Crippen MR) is 64.9 cm³/mol. The molecule has 98 valence electrons. The fourth-order valence-electron chi connectivity index (χ4n) is 2.99. The molecule has 1 saturated heterocycles. The number of nitrogens with zero attached hydrogens (tertiary/aromatic N) is 1. The molecule has 2 atom stereocenters. The maximum Gasteiger partial charge on any atom is 0.310 e. The van der Waals surface area contributed by atoms with Gasteiger partial charge in [0.1, 0.15) is 0 Å². The lowest BCUT2D eigenvalue weighted by atomic mass is 9.84. The zero-order chi connectivity index (χ0) is 12.5. The van der Waals surface area contributed by atoms with Crippen LogP contribution < -0.4 is 0 Å². The number of rotatable bonds is 6. The van der Waals surface area contributed by atoms with Crippen LogP contribution in [0.3, 0.4) is 0 Å². The van der Waals surface area contributed by atoms with Gasteiger partial charge in [0.25, 0.3) is 0 Å². The zero-order valence-corrected chi connectivity index (χ0v) is 10.8. The van der Waals surface area contributed by atoms with Gasteiger partial charge in [-0.3, -0.25) is 9.69 Å². The third-order valence-corrected chi connectivity index (χ3v) is 4.49. The Morgan fingerprint density at radius 3 is 2.71 bits per heavy atom. The molecule has 1 heterocycles. The Kier molecular flexibility index (Phi) is 3.73. The second-order valence-corrected chi connectivity index (χ2v) is 5.52. The van der Waals surface area contributed by atoms with Gasteiger partial charge in [0.15, 0.2) is 0 Å². The molecule has 0 aromatic rings. The van der Waals surface area contributed by atoms with E-state index in [4.69, 9.17) is 4.74 Å². The predicted octanol–water partition coefficient (Wildman–Crippen LogP) is 1.60. The Bertz CT molecular complexity index is 290. The summed E-state index contributed by atoms with van der Waals surface area (Å²) in [7, 11) is 1.73. The molecule has 1 saturated carbocycles. The number of carboxylic acids is 1. The van der Waals surface area contributed by atoms with Gasteiger partial charge >= 0.3 is 5.97 Å². The van der Waals surface area contributed by atoms with Crippen molar-refractivity contribution in [3.05, 3.63) is 0 Å².